The third kappa shape index (κ3) is 4.21. The maximum absolute atomic E-state index is 3.79. The van der Waals surface area contributed by atoms with Gasteiger partial charge in [-0.2, -0.15) is 0 Å². The van der Waals surface area contributed by atoms with Crippen LogP contribution >= 0.6 is 15.9 Å². The molecule has 2 rings (SSSR count). The molecule has 0 heterocycles. The second-order valence-electron chi connectivity index (χ2n) is 5.19. The number of alkyl halides is 1. The van der Waals surface area contributed by atoms with Crippen LogP contribution in [0.1, 0.15) is 39.9 Å². The molecule has 1 unspecified atom stereocenters. The Morgan fingerprint density at radius 3 is 2.37 bits per heavy atom. The summed E-state index contributed by atoms with van der Waals surface area (Å²) in [5.41, 5.74) is 5.61. The van der Waals surface area contributed by atoms with Crippen LogP contribution in [0.2, 0.25) is 0 Å². The van der Waals surface area contributed by atoms with E-state index in [1.165, 1.54) is 35.1 Å². The molecule has 0 aliphatic rings. The van der Waals surface area contributed by atoms with Gasteiger partial charge >= 0.3 is 0 Å². The minimum atomic E-state index is 0.472. The van der Waals surface area contributed by atoms with E-state index in [4.69, 9.17) is 0 Å². The lowest BCUT2D eigenvalue weighted by Gasteiger charge is -2.10. The Morgan fingerprint density at radius 2 is 1.68 bits per heavy atom. The molecule has 0 nitrogen and oxygen atoms in total. The molecule has 0 aromatic heterocycles. The molecule has 0 aliphatic heterocycles. The van der Waals surface area contributed by atoms with Crippen molar-refractivity contribution in [1.29, 1.82) is 0 Å². The quantitative estimate of drug-likeness (QED) is 0.615. The number of halogens is 1. The van der Waals surface area contributed by atoms with Crippen molar-refractivity contribution in [3.8, 4) is 0 Å². The molecule has 0 saturated heterocycles. The Morgan fingerprint density at radius 1 is 0.947 bits per heavy atom. The summed E-state index contributed by atoms with van der Waals surface area (Å²) < 4.78 is 0. The fraction of sp³-hybridized carbons (Fsp3) is 0.333. The highest BCUT2D eigenvalue weighted by Crippen LogP contribution is 2.28. The lowest BCUT2D eigenvalue weighted by atomic mass is 10.0. The SMILES string of the molecule is Cc1ccc(CCCC(Br)c2ccccc2)cc1C. The predicted molar refractivity (Wildman–Crippen MR) is 87.0 cm³/mol. The van der Waals surface area contributed by atoms with E-state index in [9.17, 15) is 0 Å². The van der Waals surface area contributed by atoms with E-state index in [0.29, 0.717) is 4.83 Å². The normalized spacial score (nSPS) is 12.4. The van der Waals surface area contributed by atoms with Gasteiger partial charge < -0.3 is 0 Å². The topological polar surface area (TPSA) is 0 Å². The Balaban J connectivity index is 1.85. The van der Waals surface area contributed by atoms with Crippen LogP contribution in [0.25, 0.3) is 0 Å². The Kier molecular flexibility index (Phi) is 5.21. The van der Waals surface area contributed by atoms with Gasteiger partial charge in [-0.1, -0.05) is 64.5 Å². The first-order chi connectivity index (χ1) is 9.16. The summed E-state index contributed by atoms with van der Waals surface area (Å²) in [5.74, 6) is 0. The molecule has 2 aromatic rings. The van der Waals surface area contributed by atoms with Crippen molar-refractivity contribution < 1.29 is 0 Å². The van der Waals surface area contributed by atoms with Crippen LogP contribution in [-0.4, -0.2) is 0 Å². The molecule has 1 atom stereocenters. The molecular weight excluding hydrogens is 296 g/mol. The smallest absolute Gasteiger partial charge is 0.0395 e. The standard InChI is InChI=1S/C18H21Br/c1-14-11-12-16(13-15(14)2)7-6-10-18(19)17-8-4-3-5-9-17/h3-5,8-9,11-13,18H,6-7,10H2,1-2H3. The van der Waals surface area contributed by atoms with E-state index in [1.807, 2.05) is 0 Å². The van der Waals surface area contributed by atoms with Gasteiger partial charge in [-0.05, 0) is 55.4 Å². The van der Waals surface area contributed by atoms with E-state index >= 15 is 0 Å². The number of benzene rings is 2. The van der Waals surface area contributed by atoms with Gasteiger partial charge in [-0.25, -0.2) is 0 Å². The highest BCUT2D eigenvalue weighted by atomic mass is 79.9. The Labute approximate surface area is 125 Å². The van der Waals surface area contributed by atoms with Gasteiger partial charge in [-0.15, -0.1) is 0 Å². The minimum absolute atomic E-state index is 0.472. The van der Waals surface area contributed by atoms with Crippen LogP contribution < -0.4 is 0 Å². The fourth-order valence-corrected chi connectivity index (χ4v) is 2.90. The Hall–Kier alpha value is -1.08. The zero-order valence-corrected chi connectivity index (χ0v) is 13.3. The highest BCUT2D eigenvalue weighted by Gasteiger charge is 2.06. The molecule has 0 fully saturated rings. The van der Waals surface area contributed by atoms with Crippen molar-refractivity contribution in [2.45, 2.75) is 37.9 Å². The van der Waals surface area contributed by atoms with Gasteiger partial charge in [0.1, 0.15) is 0 Å². The molecule has 0 saturated carbocycles. The molecule has 2 aromatic carbocycles. The third-order valence-corrected chi connectivity index (χ3v) is 4.64. The number of rotatable bonds is 5. The molecule has 100 valence electrons. The Bertz CT molecular complexity index is 516. The van der Waals surface area contributed by atoms with Crippen molar-refractivity contribution in [2.75, 3.05) is 0 Å². The summed E-state index contributed by atoms with van der Waals surface area (Å²) in [6, 6.07) is 17.5. The highest BCUT2D eigenvalue weighted by molar-refractivity contribution is 9.09. The minimum Gasteiger partial charge on any atom is -0.0839 e. The van der Waals surface area contributed by atoms with Gasteiger partial charge in [0, 0.05) is 4.83 Å². The number of aryl methyl sites for hydroxylation is 3. The maximum Gasteiger partial charge on any atom is 0.0395 e. The van der Waals surface area contributed by atoms with Gasteiger partial charge in [0.05, 0.1) is 0 Å². The van der Waals surface area contributed by atoms with Crippen LogP contribution in [0, 0.1) is 13.8 Å². The molecule has 0 bridgehead atoms. The second-order valence-corrected chi connectivity index (χ2v) is 6.29. The van der Waals surface area contributed by atoms with Crippen LogP contribution in [0.15, 0.2) is 48.5 Å². The van der Waals surface area contributed by atoms with Crippen LogP contribution in [0.4, 0.5) is 0 Å². The van der Waals surface area contributed by atoms with E-state index in [-0.39, 0.29) is 0 Å². The first-order valence-electron chi connectivity index (χ1n) is 6.92. The molecule has 0 spiro atoms. The zero-order chi connectivity index (χ0) is 13.7. The van der Waals surface area contributed by atoms with E-state index < -0.39 is 0 Å². The average Bonchev–Trinajstić information content (AvgIpc) is 2.43. The van der Waals surface area contributed by atoms with Crippen molar-refractivity contribution in [2.24, 2.45) is 0 Å². The molecule has 19 heavy (non-hydrogen) atoms. The largest absolute Gasteiger partial charge is 0.0839 e. The van der Waals surface area contributed by atoms with Gasteiger partial charge in [0.25, 0.3) is 0 Å². The summed E-state index contributed by atoms with van der Waals surface area (Å²) in [7, 11) is 0. The van der Waals surface area contributed by atoms with Gasteiger partial charge in [0.15, 0.2) is 0 Å². The average molecular weight is 317 g/mol. The van der Waals surface area contributed by atoms with E-state index in [2.05, 4.69) is 78.3 Å². The molecule has 0 amide bonds. The summed E-state index contributed by atoms with van der Waals surface area (Å²) in [6.07, 6.45) is 3.56. The predicted octanol–water partition coefficient (Wildman–Crippen LogP) is 5.76. The second kappa shape index (κ2) is 6.91. The lowest BCUT2D eigenvalue weighted by molar-refractivity contribution is 0.729. The molecule has 0 aliphatic carbocycles. The lowest BCUT2D eigenvalue weighted by Crippen LogP contribution is -1.93. The number of hydrogen-bond acceptors (Lipinski definition) is 0. The summed E-state index contributed by atoms with van der Waals surface area (Å²) in [6.45, 7) is 4.36. The van der Waals surface area contributed by atoms with Crippen LogP contribution in [0.5, 0.6) is 0 Å². The van der Waals surface area contributed by atoms with Gasteiger partial charge in [0.2, 0.25) is 0 Å². The van der Waals surface area contributed by atoms with Crippen molar-refractivity contribution in [3.63, 3.8) is 0 Å². The molecule has 0 radical (unpaired) electrons. The van der Waals surface area contributed by atoms with Crippen molar-refractivity contribution >= 4 is 15.9 Å². The molecule has 1 heteroatoms. The summed E-state index contributed by atoms with van der Waals surface area (Å²) in [4.78, 5) is 0.472. The fourth-order valence-electron chi connectivity index (χ4n) is 2.27. The van der Waals surface area contributed by atoms with Crippen molar-refractivity contribution in [1.82, 2.24) is 0 Å². The maximum atomic E-state index is 3.79. The molecular formula is C18H21Br. The first kappa shape index (κ1) is 14.3. The van der Waals surface area contributed by atoms with E-state index in [1.54, 1.807) is 0 Å². The van der Waals surface area contributed by atoms with Crippen LogP contribution in [-0.2, 0) is 6.42 Å². The molecule has 0 N–H and O–H groups in total. The van der Waals surface area contributed by atoms with Crippen LogP contribution in [0.3, 0.4) is 0 Å². The summed E-state index contributed by atoms with van der Waals surface area (Å²) >= 11 is 3.79. The van der Waals surface area contributed by atoms with E-state index in [0.717, 1.165) is 6.42 Å². The first-order valence-corrected chi connectivity index (χ1v) is 7.83. The van der Waals surface area contributed by atoms with Crippen molar-refractivity contribution in [3.05, 3.63) is 70.8 Å². The monoisotopic (exact) mass is 316 g/mol. The van der Waals surface area contributed by atoms with Gasteiger partial charge in [-0.3, -0.25) is 0 Å². The number of hydrogen-bond donors (Lipinski definition) is 0. The zero-order valence-electron chi connectivity index (χ0n) is 11.7. The summed E-state index contributed by atoms with van der Waals surface area (Å²) in [5, 5.41) is 0. The third-order valence-electron chi connectivity index (χ3n) is 3.66.